The molecule has 2 aromatic carbocycles. The lowest BCUT2D eigenvalue weighted by Gasteiger charge is -2.12. The third-order valence-electron chi connectivity index (χ3n) is 3.74. The lowest BCUT2D eigenvalue weighted by atomic mass is 10.0. The van der Waals surface area contributed by atoms with Crippen LogP contribution >= 0.6 is 0 Å². The van der Waals surface area contributed by atoms with E-state index in [1.54, 1.807) is 12.3 Å². The number of aromatic nitrogens is 2. The molecular weight excluding hydrogens is 286 g/mol. The summed E-state index contributed by atoms with van der Waals surface area (Å²) in [6.07, 6.45) is 1.71. The van der Waals surface area contributed by atoms with Crippen LogP contribution in [0.1, 0.15) is 5.56 Å². The fourth-order valence-electron chi connectivity index (χ4n) is 2.44. The van der Waals surface area contributed by atoms with Crippen molar-refractivity contribution in [3.8, 4) is 11.1 Å². The first-order valence-electron chi connectivity index (χ1n) is 7.52. The summed E-state index contributed by atoms with van der Waals surface area (Å²) in [6.45, 7) is 0.465. The quantitative estimate of drug-likeness (QED) is 0.743. The number of anilines is 1. The van der Waals surface area contributed by atoms with E-state index in [9.17, 15) is 4.79 Å². The highest BCUT2D eigenvalue weighted by atomic mass is 16.1. The largest absolute Gasteiger partial charge is 0.376 e. The molecule has 4 heteroatoms. The maximum absolute atomic E-state index is 12.2. The van der Waals surface area contributed by atoms with E-state index in [-0.39, 0.29) is 5.56 Å². The molecule has 23 heavy (non-hydrogen) atoms. The molecule has 0 aliphatic rings. The summed E-state index contributed by atoms with van der Waals surface area (Å²) in [7, 11) is 3.79. The lowest BCUT2D eigenvalue weighted by Crippen LogP contribution is -2.24. The van der Waals surface area contributed by atoms with E-state index in [2.05, 4.69) is 29.4 Å². The maximum Gasteiger partial charge on any atom is 0.269 e. The summed E-state index contributed by atoms with van der Waals surface area (Å²) in [6, 6.07) is 20.0. The average Bonchev–Trinajstić information content (AvgIpc) is 2.57. The standard InChI is InChI=1S/C19H19N3O/c1-21(2)18-12-19(23)22(20-13-18)14-15-7-6-10-17(11-15)16-8-4-3-5-9-16/h3-13H,14H2,1-2H3. The second-order valence-corrected chi connectivity index (χ2v) is 5.67. The Bertz CT molecular complexity index is 854. The number of benzene rings is 2. The number of hydrogen-bond donors (Lipinski definition) is 0. The van der Waals surface area contributed by atoms with Crippen LogP contribution in [-0.4, -0.2) is 23.9 Å². The van der Waals surface area contributed by atoms with Crippen molar-refractivity contribution in [2.24, 2.45) is 0 Å². The van der Waals surface area contributed by atoms with E-state index >= 15 is 0 Å². The molecule has 3 rings (SSSR count). The normalized spacial score (nSPS) is 10.5. The third kappa shape index (κ3) is 3.48. The molecule has 1 heterocycles. The van der Waals surface area contributed by atoms with Gasteiger partial charge in [-0.2, -0.15) is 5.10 Å². The first-order valence-corrected chi connectivity index (χ1v) is 7.52. The van der Waals surface area contributed by atoms with E-state index in [1.807, 2.05) is 49.3 Å². The zero-order chi connectivity index (χ0) is 16.2. The molecule has 0 spiro atoms. The molecule has 0 bridgehead atoms. The topological polar surface area (TPSA) is 38.1 Å². The molecule has 0 saturated carbocycles. The van der Waals surface area contributed by atoms with Crippen molar-refractivity contribution in [1.29, 1.82) is 0 Å². The maximum atomic E-state index is 12.2. The Balaban J connectivity index is 1.88. The highest BCUT2D eigenvalue weighted by Crippen LogP contribution is 2.20. The SMILES string of the molecule is CN(C)c1cnn(Cc2cccc(-c3ccccc3)c2)c(=O)c1. The Kier molecular flexibility index (Phi) is 4.24. The molecule has 0 N–H and O–H groups in total. The minimum atomic E-state index is -0.0960. The Morgan fingerprint density at radius 3 is 2.39 bits per heavy atom. The van der Waals surface area contributed by atoms with Gasteiger partial charge in [0.25, 0.3) is 5.56 Å². The zero-order valence-electron chi connectivity index (χ0n) is 13.3. The summed E-state index contributed by atoms with van der Waals surface area (Å²) >= 11 is 0. The van der Waals surface area contributed by atoms with Crippen molar-refractivity contribution >= 4 is 5.69 Å². The lowest BCUT2D eigenvalue weighted by molar-refractivity contribution is 0.638. The summed E-state index contributed by atoms with van der Waals surface area (Å²) < 4.78 is 1.48. The molecule has 0 aliphatic carbocycles. The third-order valence-corrected chi connectivity index (χ3v) is 3.74. The predicted octanol–water partition coefficient (Wildman–Crippen LogP) is 3.02. The monoisotopic (exact) mass is 305 g/mol. The highest BCUT2D eigenvalue weighted by Gasteiger charge is 2.04. The minimum absolute atomic E-state index is 0.0960. The Hall–Kier alpha value is -2.88. The molecule has 0 fully saturated rings. The van der Waals surface area contributed by atoms with Gasteiger partial charge in [-0.1, -0.05) is 48.5 Å². The van der Waals surface area contributed by atoms with Gasteiger partial charge in [0.2, 0.25) is 0 Å². The fraction of sp³-hybridized carbons (Fsp3) is 0.158. The average molecular weight is 305 g/mol. The highest BCUT2D eigenvalue weighted by molar-refractivity contribution is 5.63. The van der Waals surface area contributed by atoms with Crippen LogP contribution in [0.4, 0.5) is 5.69 Å². The van der Waals surface area contributed by atoms with Gasteiger partial charge in [0.15, 0.2) is 0 Å². The molecule has 3 aromatic rings. The second-order valence-electron chi connectivity index (χ2n) is 5.67. The van der Waals surface area contributed by atoms with E-state index in [0.29, 0.717) is 6.54 Å². The molecular formula is C19H19N3O. The molecule has 4 nitrogen and oxygen atoms in total. The molecule has 0 atom stereocenters. The Labute approximate surface area is 135 Å². The van der Waals surface area contributed by atoms with Gasteiger partial charge in [-0.3, -0.25) is 4.79 Å². The van der Waals surface area contributed by atoms with Crippen LogP contribution in [0.5, 0.6) is 0 Å². The van der Waals surface area contributed by atoms with E-state index in [4.69, 9.17) is 0 Å². The minimum Gasteiger partial charge on any atom is -0.376 e. The number of nitrogens with zero attached hydrogens (tertiary/aromatic N) is 3. The smallest absolute Gasteiger partial charge is 0.269 e. The Morgan fingerprint density at radius 2 is 1.70 bits per heavy atom. The van der Waals surface area contributed by atoms with Crippen LogP contribution in [0.25, 0.3) is 11.1 Å². The van der Waals surface area contributed by atoms with Crippen molar-refractivity contribution in [2.45, 2.75) is 6.54 Å². The van der Waals surface area contributed by atoms with Crippen LogP contribution in [-0.2, 0) is 6.54 Å². The molecule has 0 saturated heterocycles. The van der Waals surface area contributed by atoms with Gasteiger partial charge in [-0.25, -0.2) is 4.68 Å². The second kappa shape index (κ2) is 6.48. The van der Waals surface area contributed by atoms with Crippen LogP contribution in [0, 0.1) is 0 Å². The van der Waals surface area contributed by atoms with Gasteiger partial charge in [0.05, 0.1) is 18.4 Å². The van der Waals surface area contributed by atoms with Crippen LogP contribution in [0.2, 0.25) is 0 Å². The molecule has 0 aliphatic heterocycles. The van der Waals surface area contributed by atoms with Gasteiger partial charge in [-0.05, 0) is 22.8 Å². The molecule has 116 valence electrons. The van der Waals surface area contributed by atoms with Crippen molar-refractivity contribution in [3.63, 3.8) is 0 Å². The summed E-state index contributed by atoms with van der Waals surface area (Å²) in [4.78, 5) is 14.0. The van der Waals surface area contributed by atoms with E-state index in [0.717, 1.165) is 22.4 Å². The van der Waals surface area contributed by atoms with Gasteiger partial charge < -0.3 is 4.90 Å². The van der Waals surface area contributed by atoms with Gasteiger partial charge in [0.1, 0.15) is 0 Å². The first kappa shape index (κ1) is 15.0. The molecule has 1 aromatic heterocycles. The summed E-state index contributed by atoms with van der Waals surface area (Å²) in [5.74, 6) is 0. The van der Waals surface area contributed by atoms with Crippen LogP contribution in [0.15, 0.2) is 71.7 Å². The summed E-state index contributed by atoms with van der Waals surface area (Å²) in [5, 5.41) is 4.26. The molecule has 0 unspecified atom stereocenters. The van der Waals surface area contributed by atoms with E-state index in [1.165, 1.54) is 4.68 Å². The van der Waals surface area contributed by atoms with Crippen LogP contribution in [0.3, 0.4) is 0 Å². The van der Waals surface area contributed by atoms with Gasteiger partial charge >= 0.3 is 0 Å². The zero-order valence-corrected chi connectivity index (χ0v) is 13.3. The molecule has 0 radical (unpaired) electrons. The van der Waals surface area contributed by atoms with Crippen molar-refractivity contribution in [2.75, 3.05) is 19.0 Å². The Morgan fingerprint density at radius 1 is 0.957 bits per heavy atom. The van der Waals surface area contributed by atoms with Crippen molar-refractivity contribution < 1.29 is 0 Å². The van der Waals surface area contributed by atoms with Crippen LogP contribution < -0.4 is 10.5 Å². The van der Waals surface area contributed by atoms with Gasteiger partial charge in [0, 0.05) is 20.2 Å². The van der Waals surface area contributed by atoms with Crippen molar-refractivity contribution in [3.05, 3.63) is 82.8 Å². The van der Waals surface area contributed by atoms with Crippen molar-refractivity contribution in [1.82, 2.24) is 9.78 Å². The fourth-order valence-corrected chi connectivity index (χ4v) is 2.44. The number of rotatable bonds is 4. The predicted molar refractivity (Wildman–Crippen MR) is 93.8 cm³/mol. The van der Waals surface area contributed by atoms with E-state index < -0.39 is 0 Å². The molecule has 0 amide bonds. The number of hydrogen-bond acceptors (Lipinski definition) is 3. The summed E-state index contributed by atoms with van der Waals surface area (Å²) in [5.41, 5.74) is 4.07. The van der Waals surface area contributed by atoms with Gasteiger partial charge in [-0.15, -0.1) is 0 Å². The first-order chi connectivity index (χ1) is 11.1.